The highest BCUT2D eigenvalue weighted by Gasteiger charge is 2.18. The second-order valence-corrected chi connectivity index (χ2v) is 7.73. The zero-order chi connectivity index (χ0) is 22.9. The average Bonchev–Trinajstić information content (AvgIpc) is 2.95. The lowest BCUT2D eigenvalue weighted by Gasteiger charge is -2.16. The number of benzene rings is 1. The van der Waals surface area contributed by atoms with E-state index >= 15 is 0 Å². The number of hydrogen-bond donors (Lipinski definition) is 2. The molecule has 1 amide bonds. The molecule has 0 aliphatic carbocycles. The monoisotopic (exact) mass is 426 g/mol. The molecule has 164 valence electrons. The molecule has 1 aromatic carbocycles. The molecule has 0 saturated carbocycles. The third kappa shape index (κ3) is 4.84. The Hall–Kier alpha value is -3.42. The van der Waals surface area contributed by atoms with Crippen molar-refractivity contribution in [2.24, 2.45) is 0 Å². The topological polar surface area (TPSA) is 84.7 Å². The van der Waals surface area contributed by atoms with E-state index in [-0.39, 0.29) is 5.82 Å². The summed E-state index contributed by atoms with van der Waals surface area (Å²) in [5.74, 6) is -1.21. The first-order valence-electron chi connectivity index (χ1n) is 10.0. The molecule has 0 aliphatic heterocycles. The number of fused-ring (bicyclic) bond motifs is 1. The van der Waals surface area contributed by atoms with E-state index in [0.717, 1.165) is 39.4 Å². The summed E-state index contributed by atoms with van der Waals surface area (Å²) in [6, 6.07) is 4.81. The van der Waals surface area contributed by atoms with Crippen molar-refractivity contribution in [2.45, 2.75) is 54.2 Å². The fourth-order valence-electron chi connectivity index (χ4n) is 3.52. The van der Waals surface area contributed by atoms with Crippen LogP contribution in [0.3, 0.4) is 0 Å². The van der Waals surface area contributed by atoms with Crippen LogP contribution in [0.4, 0.5) is 15.8 Å². The molecule has 0 fully saturated rings. The van der Waals surface area contributed by atoms with Crippen LogP contribution in [0.25, 0.3) is 5.65 Å². The number of anilines is 2. The summed E-state index contributed by atoms with van der Waals surface area (Å²) in [6.45, 7) is 10.9. The van der Waals surface area contributed by atoms with E-state index in [2.05, 4.69) is 15.6 Å². The van der Waals surface area contributed by atoms with Gasteiger partial charge in [0.15, 0.2) is 11.8 Å². The first-order valence-corrected chi connectivity index (χ1v) is 10.0. The molecule has 0 unspecified atom stereocenters. The lowest BCUT2D eigenvalue weighted by molar-refractivity contribution is -0.150. The molecule has 0 bridgehead atoms. The Bertz CT molecular complexity index is 1150. The fraction of sp³-hybridized carbons (Fsp3) is 0.348. The van der Waals surface area contributed by atoms with Crippen molar-refractivity contribution in [3.63, 3.8) is 0 Å². The molecule has 0 spiro atoms. The Morgan fingerprint density at radius 1 is 1.16 bits per heavy atom. The minimum atomic E-state index is -0.917. The van der Waals surface area contributed by atoms with E-state index < -0.39 is 18.0 Å². The molecule has 0 aliphatic rings. The van der Waals surface area contributed by atoms with Crippen molar-refractivity contribution in [1.82, 2.24) is 9.38 Å². The van der Waals surface area contributed by atoms with Gasteiger partial charge in [-0.1, -0.05) is 0 Å². The van der Waals surface area contributed by atoms with Crippen LogP contribution in [0.2, 0.25) is 0 Å². The third-order valence-corrected chi connectivity index (χ3v) is 5.29. The second kappa shape index (κ2) is 8.75. The number of aryl methyl sites for hydroxylation is 4. The summed E-state index contributed by atoms with van der Waals surface area (Å²) in [7, 11) is 0. The van der Waals surface area contributed by atoms with Crippen molar-refractivity contribution in [3.05, 3.63) is 58.3 Å². The Morgan fingerprint density at radius 3 is 2.42 bits per heavy atom. The highest BCUT2D eigenvalue weighted by molar-refractivity contribution is 5.95. The van der Waals surface area contributed by atoms with Gasteiger partial charge in [-0.05, 0) is 69.5 Å². The van der Waals surface area contributed by atoms with Gasteiger partial charge in [0.25, 0.3) is 5.91 Å². The lowest BCUT2D eigenvalue weighted by Crippen LogP contribution is -2.29. The van der Waals surface area contributed by atoms with Gasteiger partial charge in [0, 0.05) is 25.4 Å². The van der Waals surface area contributed by atoms with Gasteiger partial charge in [0.1, 0.15) is 5.82 Å². The van der Waals surface area contributed by atoms with Crippen molar-refractivity contribution < 1.29 is 18.7 Å². The number of ether oxygens (including phenoxy) is 1. The number of halogens is 1. The van der Waals surface area contributed by atoms with Gasteiger partial charge in [0.2, 0.25) is 0 Å². The Kier molecular flexibility index (Phi) is 6.29. The normalized spacial score (nSPS) is 12.0. The van der Waals surface area contributed by atoms with E-state index in [1.165, 1.54) is 26.0 Å². The van der Waals surface area contributed by atoms with Crippen molar-refractivity contribution in [3.8, 4) is 0 Å². The molecule has 31 heavy (non-hydrogen) atoms. The van der Waals surface area contributed by atoms with Crippen LogP contribution in [0, 0.1) is 33.5 Å². The highest BCUT2D eigenvalue weighted by Crippen LogP contribution is 2.26. The molecule has 3 rings (SSSR count). The SMILES string of the molecule is CC(=O)O[C@H](C)C(=O)Nc1cc(NCc2c(C)cc(F)cc2C)c2nc(C)c(C)n2c1. The van der Waals surface area contributed by atoms with Crippen molar-refractivity contribution in [1.29, 1.82) is 0 Å². The number of hydrogen-bond acceptors (Lipinski definition) is 5. The van der Waals surface area contributed by atoms with Gasteiger partial charge in [-0.2, -0.15) is 0 Å². The number of nitrogens with one attached hydrogen (secondary N) is 2. The lowest BCUT2D eigenvalue weighted by atomic mass is 10.0. The molecule has 3 aromatic rings. The standard InChI is InChI=1S/C23H27FN4O3/c1-12-7-18(24)8-13(2)20(12)10-25-21-9-19(27-23(30)16(5)31-17(6)29)11-28-15(4)14(3)26-22(21)28/h7-9,11,16,25H,10H2,1-6H3,(H,27,30)/t16-/m1/s1. The van der Waals surface area contributed by atoms with Crippen LogP contribution in [-0.4, -0.2) is 27.4 Å². The number of nitrogens with zero attached hydrogens (tertiary/aromatic N) is 2. The van der Waals surface area contributed by atoms with Crippen LogP contribution in [0.15, 0.2) is 24.4 Å². The number of pyridine rings is 1. The summed E-state index contributed by atoms with van der Waals surface area (Å²) in [6.07, 6.45) is 0.863. The molecule has 2 N–H and O–H groups in total. The number of imidazole rings is 1. The van der Waals surface area contributed by atoms with E-state index in [1.54, 1.807) is 12.3 Å². The van der Waals surface area contributed by atoms with Gasteiger partial charge in [0.05, 0.1) is 17.1 Å². The Morgan fingerprint density at radius 2 is 1.81 bits per heavy atom. The molecule has 0 radical (unpaired) electrons. The Labute approximate surface area is 180 Å². The van der Waals surface area contributed by atoms with Crippen LogP contribution in [-0.2, 0) is 20.9 Å². The van der Waals surface area contributed by atoms with Crippen molar-refractivity contribution >= 4 is 28.9 Å². The second-order valence-electron chi connectivity index (χ2n) is 7.73. The summed E-state index contributed by atoms with van der Waals surface area (Å²) in [5.41, 5.74) is 6.50. The number of carbonyl (C=O) groups is 2. The molecule has 8 heteroatoms. The minimum absolute atomic E-state index is 0.257. The number of aromatic nitrogens is 2. The van der Waals surface area contributed by atoms with Crippen LogP contribution >= 0.6 is 0 Å². The first-order chi connectivity index (χ1) is 14.6. The highest BCUT2D eigenvalue weighted by atomic mass is 19.1. The number of esters is 1. The number of carbonyl (C=O) groups excluding carboxylic acids is 2. The maximum atomic E-state index is 13.6. The van der Waals surface area contributed by atoms with Gasteiger partial charge < -0.3 is 19.8 Å². The molecule has 7 nitrogen and oxygen atoms in total. The van der Waals surface area contributed by atoms with Crippen molar-refractivity contribution in [2.75, 3.05) is 10.6 Å². The van der Waals surface area contributed by atoms with E-state index in [4.69, 9.17) is 4.74 Å². The summed E-state index contributed by atoms with van der Waals surface area (Å²) in [4.78, 5) is 28.2. The van der Waals surface area contributed by atoms with Gasteiger partial charge >= 0.3 is 5.97 Å². The fourth-order valence-corrected chi connectivity index (χ4v) is 3.52. The average molecular weight is 426 g/mol. The molecular weight excluding hydrogens is 399 g/mol. The quantitative estimate of drug-likeness (QED) is 0.577. The van der Waals surface area contributed by atoms with Crippen LogP contribution < -0.4 is 10.6 Å². The molecular formula is C23H27FN4O3. The maximum absolute atomic E-state index is 13.6. The first kappa shape index (κ1) is 22.3. The summed E-state index contributed by atoms with van der Waals surface area (Å²) in [5, 5.41) is 6.17. The summed E-state index contributed by atoms with van der Waals surface area (Å²) < 4.78 is 20.5. The zero-order valence-corrected chi connectivity index (χ0v) is 18.6. The van der Waals surface area contributed by atoms with E-state index in [9.17, 15) is 14.0 Å². The Balaban J connectivity index is 1.94. The molecule has 2 heterocycles. The van der Waals surface area contributed by atoms with Gasteiger partial charge in [-0.25, -0.2) is 9.37 Å². The molecule has 2 aromatic heterocycles. The smallest absolute Gasteiger partial charge is 0.303 e. The van der Waals surface area contributed by atoms with Crippen LogP contribution in [0.5, 0.6) is 0 Å². The third-order valence-electron chi connectivity index (χ3n) is 5.29. The predicted molar refractivity (Wildman–Crippen MR) is 118 cm³/mol. The van der Waals surface area contributed by atoms with E-state index in [0.29, 0.717) is 12.2 Å². The number of rotatable bonds is 6. The van der Waals surface area contributed by atoms with Crippen LogP contribution in [0.1, 0.15) is 41.9 Å². The summed E-state index contributed by atoms with van der Waals surface area (Å²) >= 11 is 0. The zero-order valence-electron chi connectivity index (χ0n) is 18.6. The molecule has 0 saturated heterocycles. The number of amides is 1. The largest absolute Gasteiger partial charge is 0.453 e. The molecule has 1 atom stereocenters. The van der Waals surface area contributed by atoms with E-state index in [1.807, 2.05) is 32.1 Å². The minimum Gasteiger partial charge on any atom is -0.453 e. The van der Waals surface area contributed by atoms with Gasteiger partial charge in [-0.15, -0.1) is 0 Å². The predicted octanol–water partition coefficient (Wildman–Crippen LogP) is 4.21. The maximum Gasteiger partial charge on any atom is 0.303 e. The van der Waals surface area contributed by atoms with Gasteiger partial charge in [-0.3, -0.25) is 9.59 Å².